The average molecular weight is 414 g/mol. The molecule has 2 aromatic carbocycles. The van der Waals surface area contributed by atoms with Crippen LogP contribution in [0.1, 0.15) is 16.5 Å². The fourth-order valence-electron chi connectivity index (χ4n) is 3.04. The van der Waals surface area contributed by atoms with Gasteiger partial charge in [0.2, 0.25) is 0 Å². The Morgan fingerprint density at radius 1 is 1.07 bits per heavy atom. The highest BCUT2D eigenvalue weighted by Gasteiger charge is 2.12. The summed E-state index contributed by atoms with van der Waals surface area (Å²) in [5.41, 5.74) is 1.14. The van der Waals surface area contributed by atoms with Gasteiger partial charge >= 0.3 is 0 Å². The second-order valence-electron chi connectivity index (χ2n) is 6.52. The van der Waals surface area contributed by atoms with Gasteiger partial charge < -0.3 is 25.2 Å². The van der Waals surface area contributed by atoms with Crippen LogP contribution in [-0.4, -0.2) is 45.4 Å². The Morgan fingerprint density at radius 2 is 1.86 bits per heavy atom. The summed E-state index contributed by atoms with van der Waals surface area (Å²) in [5, 5.41) is 18.1. The summed E-state index contributed by atoms with van der Waals surface area (Å²) in [6.45, 7) is 1.09. The Bertz CT molecular complexity index is 938. The minimum Gasteiger partial charge on any atom is -0.493 e. The Hall–Kier alpha value is -2.77. The number of aliphatic hydroxyl groups is 1. The summed E-state index contributed by atoms with van der Waals surface area (Å²) < 4.78 is 11.8. The summed E-state index contributed by atoms with van der Waals surface area (Å²) in [6, 6.07) is 16.1. The van der Waals surface area contributed by atoms with Gasteiger partial charge in [-0.25, -0.2) is 0 Å². The van der Waals surface area contributed by atoms with E-state index in [1.54, 1.807) is 32.6 Å². The number of hydrogen-bond acceptors (Lipinski definition) is 5. The molecule has 1 heterocycles. The van der Waals surface area contributed by atoms with Gasteiger partial charge in [-0.2, -0.15) is 0 Å². The van der Waals surface area contributed by atoms with Crippen LogP contribution in [0.15, 0.2) is 53.5 Å². The largest absolute Gasteiger partial charge is 0.493 e. The zero-order valence-corrected chi connectivity index (χ0v) is 17.8. The fourth-order valence-corrected chi connectivity index (χ4v) is 4.09. The maximum atomic E-state index is 10.5. The zero-order valence-electron chi connectivity index (χ0n) is 16.9. The molecule has 0 aliphatic carbocycles. The van der Waals surface area contributed by atoms with Crippen LogP contribution in [0, 0.1) is 0 Å². The Labute approximate surface area is 175 Å². The molecule has 6 nitrogen and oxygen atoms in total. The fraction of sp³-hybridized carbons (Fsp3) is 0.318. The lowest BCUT2D eigenvalue weighted by Gasteiger charge is -2.15. The number of nitrogens with zero attached hydrogens (tertiary/aromatic N) is 1. The molecule has 154 valence electrons. The first-order valence-electron chi connectivity index (χ1n) is 9.46. The number of rotatable bonds is 8. The lowest BCUT2D eigenvalue weighted by molar-refractivity contribution is 0.184. The van der Waals surface area contributed by atoms with Gasteiger partial charge in [0.15, 0.2) is 17.5 Å². The van der Waals surface area contributed by atoms with E-state index in [0.717, 1.165) is 33.7 Å². The molecule has 0 aliphatic heterocycles. The van der Waals surface area contributed by atoms with E-state index >= 15 is 0 Å². The molecule has 1 atom stereocenters. The van der Waals surface area contributed by atoms with Crippen molar-refractivity contribution in [2.45, 2.75) is 12.5 Å². The average Bonchev–Trinajstić information content (AvgIpc) is 3.20. The number of aliphatic imine (C=N–C) groups is 1. The van der Waals surface area contributed by atoms with Crippen molar-refractivity contribution < 1.29 is 14.6 Å². The first kappa shape index (κ1) is 21.0. The maximum absolute atomic E-state index is 10.5. The third kappa shape index (κ3) is 5.40. The number of fused-ring (bicyclic) bond motifs is 1. The van der Waals surface area contributed by atoms with Crippen molar-refractivity contribution >= 4 is 27.4 Å². The van der Waals surface area contributed by atoms with Crippen LogP contribution >= 0.6 is 11.3 Å². The van der Waals surface area contributed by atoms with Crippen LogP contribution in [0.4, 0.5) is 0 Å². The van der Waals surface area contributed by atoms with Gasteiger partial charge in [0.05, 0.1) is 14.2 Å². The molecule has 0 fully saturated rings. The number of hydrogen-bond donors (Lipinski definition) is 3. The topological polar surface area (TPSA) is 75.1 Å². The van der Waals surface area contributed by atoms with E-state index < -0.39 is 6.10 Å². The van der Waals surface area contributed by atoms with E-state index in [9.17, 15) is 5.11 Å². The zero-order chi connectivity index (χ0) is 20.6. The van der Waals surface area contributed by atoms with Crippen LogP contribution in [-0.2, 0) is 6.42 Å². The summed E-state index contributed by atoms with van der Waals surface area (Å²) >= 11 is 1.61. The molecule has 3 aromatic rings. The molecule has 0 saturated carbocycles. The van der Waals surface area contributed by atoms with E-state index in [0.29, 0.717) is 19.0 Å². The number of ether oxygens (including phenoxy) is 2. The quantitative estimate of drug-likeness (QED) is 0.390. The van der Waals surface area contributed by atoms with Crippen LogP contribution in [0.25, 0.3) is 10.1 Å². The van der Waals surface area contributed by atoms with E-state index in [2.05, 4.69) is 27.8 Å². The molecule has 1 aromatic heterocycles. The molecule has 1 unspecified atom stereocenters. The molecule has 0 bridgehead atoms. The van der Waals surface area contributed by atoms with Crippen LogP contribution in [0.3, 0.4) is 0 Å². The lowest BCUT2D eigenvalue weighted by atomic mass is 10.1. The molecule has 0 spiro atoms. The van der Waals surface area contributed by atoms with Gasteiger partial charge in [0.25, 0.3) is 0 Å². The van der Waals surface area contributed by atoms with Crippen molar-refractivity contribution in [3.05, 3.63) is 59.0 Å². The van der Waals surface area contributed by atoms with Crippen molar-refractivity contribution in [2.75, 3.05) is 34.4 Å². The molecule has 0 amide bonds. The van der Waals surface area contributed by atoms with Crippen molar-refractivity contribution in [2.24, 2.45) is 4.99 Å². The number of aliphatic hydroxyl groups excluding tert-OH is 1. The number of methoxy groups -OCH3 is 2. The number of nitrogens with one attached hydrogen (secondary N) is 2. The van der Waals surface area contributed by atoms with Gasteiger partial charge in [0.1, 0.15) is 6.10 Å². The molecule has 3 N–H and O–H groups in total. The van der Waals surface area contributed by atoms with Gasteiger partial charge in [-0.1, -0.05) is 24.3 Å². The monoisotopic (exact) mass is 413 g/mol. The van der Waals surface area contributed by atoms with Gasteiger partial charge in [-0.05, 0) is 41.6 Å². The first-order valence-corrected chi connectivity index (χ1v) is 10.3. The minimum absolute atomic E-state index is 0.392. The standard InChI is InChI=1S/C22H27N3O3S/c1-23-22(24-11-10-15-8-9-18(27-2)19(12-15)28-3)25-14-17(26)21-13-16-6-4-5-7-20(16)29-21/h4-9,12-13,17,26H,10-11,14H2,1-3H3,(H2,23,24,25). The minimum atomic E-state index is -0.586. The van der Waals surface area contributed by atoms with Crippen molar-refractivity contribution in [1.29, 1.82) is 0 Å². The highest BCUT2D eigenvalue weighted by molar-refractivity contribution is 7.19. The second kappa shape index (κ2) is 10.1. The van der Waals surface area contributed by atoms with E-state index in [-0.39, 0.29) is 0 Å². The predicted octanol–water partition coefficient (Wildman–Crippen LogP) is 3.36. The summed E-state index contributed by atoms with van der Waals surface area (Å²) in [7, 11) is 4.98. The van der Waals surface area contributed by atoms with Crippen molar-refractivity contribution in [3.63, 3.8) is 0 Å². The van der Waals surface area contributed by atoms with Crippen LogP contribution < -0.4 is 20.1 Å². The number of benzene rings is 2. The normalized spacial score (nSPS) is 12.6. The third-order valence-electron chi connectivity index (χ3n) is 4.61. The van der Waals surface area contributed by atoms with Crippen LogP contribution in [0.5, 0.6) is 11.5 Å². The molecule has 0 radical (unpaired) electrons. The Kier molecular flexibility index (Phi) is 7.32. The van der Waals surface area contributed by atoms with E-state index in [1.807, 2.05) is 36.4 Å². The van der Waals surface area contributed by atoms with Gasteiger partial charge in [0, 0.05) is 29.7 Å². The van der Waals surface area contributed by atoms with Gasteiger partial charge in [-0.15, -0.1) is 11.3 Å². The molecule has 3 rings (SSSR count). The van der Waals surface area contributed by atoms with Gasteiger partial charge in [-0.3, -0.25) is 4.99 Å². The predicted molar refractivity (Wildman–Crippen MR) is 119 cm³/mol. The molecule has 7 heteroatoms. The highest BCUT2D eigenvalue weighted by Crippen LogP contribution is 2.29. The molecule has 29 heavy (non-hydrogen) atoms. The second-order valence-corrected chi connectivity index (χ2v) is 7.64. The molecule has 0 aliphatic rings. The molecular formula is C22H27N3O3S. The summed E-state index contributed by atoms with van der Waals surface area (Å²) in [4.78, 5) is 5.17. The highest BCUT2D eigenvalue weighted by atomic mass is 32.1. The van der Waals surface area contributed by atoms with Crippen molar-refractivity contribution in [3.8, 4) is 11.5 Å². The smallest absolute Gasteiger partial charge is 0.191 e. The first-order chi connectivity index (χ1) is 14.1. The molecule has 0 saturated heterocycles. The lowest BCUT2D eigenvalue weighted by Crippen LogP contribution is -2.40. The van der Waals surface area contributed by atoms with Crippen LogP contribution in [0.2, 0.25) is 0 Å². The Balaban J connectivity index is 1.49. The van der Waals surface area contributed by atoms with E-state index in [1.165, 1.54) is 4.70 Å². The number of guanidine groups is 1. The number of thiophene rings is 1. The molecular weight excluding hydrogens is 386 g/mol. The summed E-state index contributed by atoms with van der Waals surface area (Å²) in [6.07, 6.45) is 0.219. The Morgan fingerprint density at radius 3 is 2.59 bits per heavy atom. The maximum Gasteiger partial charge on any atom is 0.191 e. The SMILES string of the molecule is CN=C(NCCc1ccc(OC)c(OC)c1)NCC(O)c1cc2ccccc2s1. The van der Waals surface area contributed by atoms with Crippen molar-refractivity contribution in [1.82, 2.24) is 10.6 Å². The third-order valence-corrected chi connectivity index (χ3v) is 5.83. The van der Waals surface area contributed by atoms with E-state index in [4.69, 9.17) is 9.47 Å². The summed E-state index contributed by atoms with van der Waals surface area (Å²) in [5.74, 6) is 2.10.